The molecule has 7 N–H and O–H groups in total. The summed E-state index contributed by atoms with van der Waals surface area (Å²) < 4.78 is 12.6. The van der Waals surface area contributed by atoms with Crippen molar-refractivity contribution in [2.45, 2.75) is 161 Å². The van der Waals surface area contributed by atoms with Gasteiger partial charge in [-0.25, -0.2) is 0 Å². The number of ether oxygens (including phenoxy) is 2. The van der Waals surface area contributed by atoms with E-state index in [-0.39, 0.29) is 39.9 Å². The Morgan fingerprint density at radius 2 is 1.60 bits per heavy atom. The summed E-state index contributed by atoms with van der Waals surface area (Å²) in [5.74, 6) is -0.186. The number of aliphatic hydroxyl groups is 7. The molecule has 0 aromatic heterocycles. The topological polar surface area (TPSA) is 160 Å². The van der Waals surface area contributed by atoms with Gasteiger partial charge in [0.05, 0.1) is 30.5 Å². The van der Waals surface area contributed by atoms with Crippen LogP contribution in [0.3, 0.4) is 0 Å². The lowest BCUT2D eigenvalue weighted by molar-refractivity contribution is -0.346. The summed E-state index contributed by atoms with van der Waals surface area (Å²) in [6.07, 6.45) is -0.603. The van der Waals surface area contributed by atoms with Gasteiger partial charge < -0.3 is 45.2 Å². The second-order valence-electron chi connectivity index (χ2n) is 17.5. The molecule has 45 heavy (non-hydrogen) atoms. The van der Waals surface area contributed by atoms with Gasteiger partial charge in [-0.05, 0) is 117 Å². The molecule has 9 heteroatoms. The van der Waals surface area contributed by atoms with Gasteiger partial charge in [-0.1, -0.05) is 46.3 Å². The maximum atomic E-state index is 12.1. The highest BCUT2D eigenvalue weighted by Gasteiger charge is 2.73. The highest BCUT2D eigenvalue weighted by atomic mass is 16.7. The molecule has 0 amide bonds. The second kappa shape index (κ2) is 12.1. The van der Waals surface area contributed by atoms with Crippen LogP contribution in [0.2, 0.25) is 0 Å². The summed E-state index contributed by atoms with van der Waals surface area (Å²) >= 11 is 0. The summed E-state index contributed by atoms with van der Waals surface area (Å²) in [7, 11) is 0. The summed E-state index contributed by atoms with van der Waals surface area (Å²) in [5, 5.41) is 77.2. The first-order chi connectivity index (χ1) is 20.8. The summed E-state index contributed by atoms with van der Waals surface area (Å²) in [4.78, 5) is 0. The fourth-order valence-electron chi connectivity index (χ4n) is 11.9. The average molecular weight is 639 g/mol. The first-order valence-corrected chi connectivity index (χ1v) is 17.4. The number of hydrogen-bond donors (Lipinski definition) is 7. The Morgan fingerprint density at radius 3 is 2.22 bits per heavy atom. The Morgan fingerprint density at radius 1 is 0.933 bits per heavy atom. The fraction of sp³-hybridized carbons (Fsp3) is 0.944. The third kappa shape index (κ3) is 5.48. The van der Waals surface area contributed by atoms with Crippen LogP contribution in [0.1, 0.15) is 107 Å². The van der Waals surface area contributed by atoms with E-state index in [2.05, 4.69) is 54.5 Å². The van der Waals surface area contributed by atoms with Crippen LogP contribution in [0.4, 0.5) is 0 Å². The van der Waals surface area contributed by atoms with Gasteiger partial charge in [0, 0.05) is 0 Å². The molecule has 1 aliphatic heterocycles. The molecular weight excluding hydrogens is 576 g/mol. The Kier molecular flexibility index (Phi) is 9.56. The zero-order valence-corrected chi connectivity index (χ0v) is 28.8. The van der Waals surface area contributed by atoms with Crippen molar-refractivity contribution in [3.8, 4) is 0 Å². The minimum Gasteiger partial charge on any atom is -0.394 e. The van der Waals surface area contributed by atoms with Crippen LogP contribution in [0.15, 0.2) is 11.6 Å². The largest absolute Gasteiger partial charge is 0.394 e. The Bertz CT molecular complexity index is 1100. The molecule has 0 bridgehead atoms. The summed E-state index contributed by atoms with van der Waals surface area (Å²) in [6, 6.07) is 0. The van der Waals surface area contributed by atoms with Crippen molar-refractivity contribution in [3.05, 3.63) is 11.6 Å². The zero-order chi connectivity index (χ0) is 33.5. The quantitative estimate of drug-likeness (QED) is 0.164. The van der Waals surface area contributed by atoms with Gasteiger partial charge in [0.15, 0.2) is 6.29 Å². The smallest absolute Gasteiger partial charge is 0.186 e. The molecule has 9 nitrogen and oxygen atoms in total. The van der Waals surface area contributed by atoms with Crippen LogP contribution in [0, 0.1) is 45.3 Å². The molecule has 5 rings (SSSR count). The lowest BCUT2D eigenvalue weighted by atomic mass is 9.34. The number of rotatable bonds is 7. The highest BCUT2D eigenvalue weighted by molar-refractivity contribution is 5.22. The van der Waals surface area contributed by atoms with Crippen LogP contribution in [-0.4, -0.2) is 97.0 Å². The minimum absolute atomic E-state index is 0.0548. The van der Waals surface area contributed by atoms with Gasteiger partial charge in [-0.2, -0.15) is 0 Å². The van der Waals surface area contributed by atoms with Gasteiger partial charge in [-0.15, -0.1) is 0 Å². The predicted molar refractivity (Wildman–Crippen MR) is 170 cm³/mol. The first kappa shape index (κ1) is 35.7. The Balaban J connectivity index is 1.54. The van der Waals surface area contributed by atoms with Crippen molar-refractivity contribution in [1.82, 2.24) is 0 Å². The van der Waals surface area contributed by atoms with Crippen LogP contribution in [0.5, 0.6) is 0 Å². The fourth-order valence-corrected chi connectivity index (χ4v) is 11.9. The predicted octanol–water partition coefficient (Wildman–Crippen LogP) is 3.30. The normalized spacial score (nSPS) is 52.2. The molecule has 0 aromatic carbocycles. The third-order valence-electron chi connectivity index (χ3n) is 14.4. The van der Waals surface area contributed by atoms with E-state index in [4.69, 9.17) is 9.47 Å². The van der Waals surface area contributed by atoms with Gasteiger partial charge in [-0.3, -0.25) is 0 Å². The van der Waals surface area contributed by atoms with Gasteiger partial charge in [0.2, 0.25) is 0 Å². The van der Waals surface area contributed by atoms with Crippen molar-refractivity contribution in [1.29, 1.82) is 0 Å². The second-order valence-corrected chi connectivity index (χ2v) is 17.5. The molecule has 4 aliphatic carbocycles. The Hall–Kier alpha value is -0.620. The molecule has 4 saturated carbocycles. The van der Waals surface area contributed by atoms with Gasteiger partial charge in [0.1, 0.15) is 24.4 Å². The van der Waals surface area contributed by atoms with Crippen molar-refractivity contribution in [2.75, 3.05) is 6.61 Å². The van der Waals surface area contributed by atoms with Gasteiger partial charge in [0.25, 0.3) is 0 Å². The highest BCUT2D eigenvalue weighted by Crippen LogP contribution is 2.76. The van der Waals surface area contributed by atoms with E-state index in [0.717, 1.165) is 25.7 Å². The molecule has 0 radical (unpaired) electrons. The molecule has 5 fully saturated rings. The summed E-state index contributed by atoms with van der Waals surface area (Å²) in [6.45, 7) is 16.6. The van der Waals surface area contributed by atoms with Crippen molar-refractivity contribution in [3.63, 3.8) is 0 Å². The summed E-state index contributed by atoms with van der Waals surface area (Å²) in [5.41, 5.74) is -1.21. The lowest BCUT2D eigenvalue weighted by Crippen LogP contribution is -2.71. The van der Waals surface area contributed by atoms with Crippen LogP contribution in [-0.2, 0) is 9.47 Å². The van der Waals surface area contributed by atoms with E-state index in [1.165, 1.54) is 5.57 Å². The van der Waals surface area contributed by atoms with E-state index < -0.39 is 66.6 Å². The number of fused-ring (bicyclic) bond motifs is 5. The molecule has 0 unspecified atom stereocenters. The molecule has 1 saturated heterocycles. The van der Waals surface area contributed by atoms with E-state index in [1.54, 1.807) is 0 Å². The molecule has 0 spiro atoms. The lowest BCUT2D eigenvalue weighted by Gasteiger charge is -2.72. The van der Waals surface area contributed by atoms with Crippen molar-refractivity contribution >= 4 is 0 Å². The molecular formula is C36H62O9. The number of allylic oxidation sites excluding steroid dienone is 2. The SMILES string of the molecule is CC(C)=CCC[C@](C)(O)[C@H]1CC[C@]2(C)[C@H]1[C@H](O)C[C@H]1[C@@]3(C)CC[C@H](O)C(C)(C)[C@@H]3[C@@H](O[C@@H]3O[C@H](CO)[C@@H](O)[C@H](O)[C@H]3O)C[C@]12C. The maximum absolute atomic E-state index is 12.1. The molecule has 1 heterocycles. The van der Waals surface area contributed by atoms with E-state index >= 15 is 0 Å². The van der Waals surface area contributed by atoms with Gasteiger partial charge >= 0.3 is 0 Å². The minimum atomic E-state index is -1.54. The Labute approximate surface area is 270 Å². The molecule has 260 valence electrons. The number of aliphatic hydroxyl groups excluding tert-OH is 6. The van der Waals surface area contributed by atoms with E-state index in [1.807, 2.05) is 6.92 Å². The molecule has 0 aromatic rings. The van der Waals surface area contributed by atoms with E-state index in [9.17, 15) is 35.7 Å². The van der Waals surface area contributed by atoms with E-state index in [0.29, 0.717) is 25.7 Å². The van der Waals surface area contributed by atoms with Crippen LogP contribution in [0.25, 0.3) is 0 Å². The molecule has 5 aliphatic rings. The van der Waals surface area contributed by atoms with Crippen molar-refractivity contribution < 1.29 is 45.2 Å². The third-order valence-corrected chi connectivity index (χ3v) is 14.4. The molecule has 16 atom stereocenters. The maximum Gasteiger partial charge on any atom is 0.186 e. The first-order valence-electron chi connectivity index (χ1n) is 17.4. The monoisotopic (exact) mass is 638 g/mol. The van der Waals surface area contributed by atoms with Crippen LogP contribution < -0.4 is 0 Å². The van der Waals surface area contributed by atoms with Crippen LogP contribution >= 0.6 is 0 Å². The van der Waals surface area contributed by atoms with Crippen molar-refractivity contribution in [2.24, 2.45) is 45.3 Å². The standard InChI is InChI=1S/C36H62O9/c1-19(2)10-9-13-36(8,43)20-11-15-34(6)26(20)21(38)16-24-33(5)14-12-25(39)32(3,4)30(33)22(17-35(24,34)7)44-31-29(42)28(41)27(40)23(18-37)45-31/h10,20-31,37-43H,9,11-18H2,1-8H3/t20-,21+,22-,23+,24-,25-,26+,27+,28-,29+,30-,31+,33+,34+,35+,36-/m0/s1. The number of hydrogen-bond acceptors (Lipinski definition) is 9. The average Bonchev–Trinajstić information content (AvgIpc) is 3.33. The zero-order valence-electron chi connectivity index (χ0n) is 28.8.